The van der Waals surface area contributed by atoms with Gasteiger partial charge in [-0.15, -0.1) is 0 Å². The van der Waals surface area contributed by atoms with Crippen LogP contribution in [0.5, 0.6) is 0 Å². The molecule has 4 aromatic rings. The van der Waals surface area contributed by atoms with Crippen LogP contribution in [0, 0.1) is 26.7 Å². The van der Waals surface area contributed by atoms with Gasteiger partial charge in [-0.1, -0.05) is 0 Å². The number of hydrogen-bond acceptors (Lipinski definition) is 0. The Morgan fingerprint density at radius 3 is 1.95 bits per heavy atom. The Hall–Kier alpha value is -1.96. The molecule has 0 aromatic heterocycles. The molecule has 2 unspecified atom stereocenters. The van der Waals surface area contributed by atoms with Crippen LogP contribution in [-0.4, -0.2) is 5.92 Å². The van der Waals surface area contributed by atoms with Crippen molar-refractivity contribution in [2.45, 2.75) is 61.9 Å². The number of allylic oxidation sites excluding steroid dienone is 2. The molecule has 0 nitrogen and oxygen atoms in total. The molecule has 2 aliphatic carbocycles. The van der Waals surface area contributed by atoms with Gasteiger partial charge in [0.2, 0.25) is 0 Å². The Bertz CT molecular complexity index is 1790. The van der Waals surface area contributed by atoms with Crippen LogP contribution < -0.4 is 0 Å². The summed E-state index contributed by atoms with van der Waals surface area (Å²) < 4.78 is 0.189. The molecule has 43 heavy (non-hydrogen) atoms. The maximum atomic E-state index is 8.61. The molecule has 2 atom stereocenters. The summed E-state index contributed by atoms with van der Waals surface area (Å²) in [5.74, 6) is -1.26. The molecule has 2 aliphatic rings. The maximum absolute atomic E-state index is 8.61. The van der Waals surface area contributed by atoms with Crippen LogP contribution in [0.4, 0.5) is 0 Å². The standard InChI is InChI=1S/C20H21.C17H15.C2H7Si.2ClH.Zr/c1-13(2)17-11-16-6-5-7-19(20(16)12-17)18-9-14(3)8-15(4)10-18;1-12-10-16-13(2)8-9-15(17(16)11-12)14-6-4-3-5-7-14;1-3-2;;;/h5-13H,1-4H3;3-11H,1-2H3;3H,1-2H3;2*1H;/q;;;;;+2/p-2. The fraction of sp³-hybridized carbons (Fsp3) is 0.282. The summed E-state index contributed by atoms with van der Waals surface area (Å²) >= 11 is -4.80. The van der Waals surface area contributed by atoms with E-state index in [9.17, 15) is 0 Å². The van der Waals surface area contributed by atoms with Crippen molar-refractivity contribution in [1.82, 2.24) is 0 Å². The quantitative estimate of drug-likeness (QED) is 0.176. The second-order valence-corrected chi connectivity index (χ2v) is 56.2. The molecule has 0 fully saturated rings. The third-order valence-electron chi connectivity index (χ3n) is 10.2. The number of hydrogen-bond donors (Lipinski definition) is 0. The fourth-order valence-electron chi connectivity index (χ4n) is 8.16. The van der Waals surface area contributed by atoms with E-state index in [1.165, 1.54) is 72.3 Å². The van der Waals surface area contributed by atoms with Crippen LogP contribution in [0.1, 0.15) is 67.0 Å². The van der Waals surface area contributed by atoms with Gasteiger partial charge in [0.25, 0.3) is 0 Å². The molecular formula is C39H43Cl2SiZr. The van der Waals surface area contributed by atoms with Crippen LogP contribution in [0.25, 0.3) is 34.4 Å². The van der Waals surface area contributed by atoms with Crippen molar-refractivity contribution in [3.63, 3.8) is 0 Å². The Labute approximate surface area is 267 Å². The zero-order valence-corrected chi connectivity index (χ0v) is 31.9. The van der Waals surface area contributed by atoms with Gasteiger partial charge in [0.1, 0.15) is 0 Å². The number of rotatable bonds is 6. The SMILES string of the molecule is CC1=Cc2c(-c3ccccc3)ccc(C)c2[CH]1[Zr]([Cl])([Cl])([CH]1C(C(C)C)=Cc2c(-c3cc(C)cc(C)c3)cccc21)[SiH](C)C. The van der Waals surface area contributed by atoms with E-state index in [0.29, 0.717) is 5.92 Å². The van der Waals surface area contributed by atoms with Gasteiger partial charge in [0, 0.05) is 0 Å². The molecule has 0 saturated heterocycles. The summed E-state index contributed by atoms with van der Waals surface area (Å²) in [5.41, 5.74) is 17.2. The minimum atomic E-state index is -4.80. The van der Waals surface area contributed by atoms with E-state index in [-0.39, 0.29) is 7.25 Å². The van der Waals surface area contributed by atoms with Crippen molar-refractivity contribution in [1.29, 1.82) is 0 Å². The predicted molar refractivity (Wildman–Crippen MR) is 190 cm³/mol. The fourth-order valence-corrected chi connectivity index (χ4v) is 40.4. The summed E-state index contributed by atoms with van der Waals surface area (Å²) in [6.45, 7) is 18.5. The second kappa shape index (κ2) is 11.1. The summed E-state index contributed by atoms with van der Waals surface area (Å²) in [6.07, 6.45) is 4.90. The topological polar surface area (TPSA) is 0 Å². The van der Waals surface area contributed by atoms with Gasteiger partial charge in [-0.25, -0.2) is 0 Å². The normalized spacial score (nSPS) is 18.7. The number of fused-ring (bicyclic) bond motifs is 2. The van der Waals surface area contributed by atoms with Crippen molar-refractivity contribution in [3.8, 4) is 22.3 Å². The van der Waals surface area contributed by atoms with Crippen molar-refractivity contribution in [2.75, 3.05) is 0 Å². The van der Waals surface area contributed by atoms with E-state index >= 15 is 0 Å². The molecular weight excluding hydrogens is 659 g/mol. The van der Waals surface area contributed by atoms with Crippen LogP contribution in [0.2, 0.25) is 13.1 Å². The van der Waals surface area contributed by atoms with E-state index in [1.807, 2.05) is 0 Å². The van der Waals surface area contributed by atoms with E-state index in [1.54, 1.807) is 0 Å². The first-order chi connectivity index (χ1) is 20.3. The van der Waals surface area contributed by atoms with Gasteiger partial charge in [-0.3, -0.25) is 0 Å². The number of aryl methyl sites for hydroxylation is 3. The molecule has 0 spiro atoms. The Kier molecular flexibility index (Phi) is 8.04. The summed E-state index contributed by atoms with van der Waals surface area (Å²) in [6, 6.07) is 29.1. The van der Waals surface area contributed by atoms with Crippen molar-refractivity contribution < 1.29 is 15.6 Å². The monoisotopic (exact) mass is 699 g/mol. The van der Waals surface area contributed by atoms with Gasteiger partial charge in [0.15, 0.2) is 0 Å². The third kappa shape index (κ3) is 4.87. The van der Waals surface area contributed by atoms with Crippen molar-refractivity contribution >= 4 is 35.1 Å². The Morgan fingerprint density at radius 1 is 0.674 bits per heavy atom. The van der Waals surface area contributed by atoms with E-state index in [2.05, 4.69) is 146 Å². The first kappa shape index (κ1) is 31.0. The molecule has 0 saturated carbocycles. The molecule has 4 aromatic carbocycles. The van der Waals surface area contributed by atoms with Crippen LogP contribution >= 0.6 is 17.0 Å². The zero-order valence-electron chi connectivity index (χ0n) is 26.7. The minimum absolute atomic E-state index is 0.0939. The summed E-state index contributed by atoms with van der Waals surface area (Å²) in [4.78, 5) is 0. The van der Waals surface area contributed by atoms with Crippen LogP contribution in [0.3, 0.4) is 0 Å². The van der Waals surface area contributed by atoms with E-state index in [4.69, 9.17) is 17.0 Å². The van der Waals surface area contributed by atoms with Gasteiger partial charge in [-0.05, 0) is 0 Å². The second-order valence-electron chi connectivity index (χ2n) is 13.7. The average Bonchev–Trinajstić information content (AvgIpc) is 3.53. The van der Waals surface area contributed by atoms with Gasteiger partial charge in [-0.2, -0.15) is 0 Å². The summed E-state index contributed by atoms with van der Waals surface area (Å²) in [7, 11) is 17.2. The van der Waals surface area contributed by atoms with Gasteiger partial charge >= 0.3 is 270 Å². The van der Waals surface area contributed by atoms with Crippen molar-refractivity contribution in [3.05, 3.63) is 129 Å². The third-order valence-corrected chi connectivity index (χ3v) is 62.1. The first-order valence-corrected chi connectivity index (χ1v) is 32.0. The molecule has 0 bridgehead atoms. The summed E-state index contributed by atoms with van der Waals surface area (Å²) in [5, 5.41) is 0. The molecule has 0 aliphatic heterocycles. The van der Waals surface area contributed by atoms with Crippen molar-refractivity contribution in [2.24, 2.45) is 5.92 Å². The Morgan fingerprint density at radius 2 is 1.33 bits per heavy atom. The molecule has 0 N–H and O–H groups in total. The molecule has 221 valence electrons. The zero-order chi connectivity index (χ0) is 30.9. The van der Waals surface area contributed by atoms with E-state index in [0.717, 1.165) is 0 Å². The predicted octanol–water partition coefficient (Wildman–Crippen LogP) is 12.2. The van der Waals surface area contributed by atoms with Crippen LogP contribution in [0.15, 0.2) is 90.0 Å². The van der Waals surface area contributed by atoms with Crippen LogP contribution in [-0.2, 0) is 15.6 Å². The first-order valence-electron chi connectivity index (χ1n) is 15.7. The molecule has 0 heterocycles. The molecule has 4 heteroatoms. The Balaban J connectivity index is 1.62. The van der Waals surface area contributed by atoms with Gasteiger partial charge < -0.3 is 0 Å². The van der Waals surface area contributed by atoms with E-state index < -0.39 is 21.5 Å². The number of halogens is 2. The van der Waals surface area contributed by atoms with Gasteiger partial charge in [0.05, 0.1) is 0 Å². The molecule has 0 radical (unpaired) electrons. The molecule has 6 rings (SSSR count). The average molecular weight is 702 g/mol. The molecule has 0 amide bonds. The number of benzene rings is 4.